The van der Waals surface area contributed by atoms with Crippen LogP contribution in [0.3, 0.4) is 0 Å². The van der Waals surface area contributed by atoms with Crippen molar-refractivity contribution in [3.63, 3.8) is 0 Å². The summed E-state index contributed by atoms with van der Waals surface area (Å²) in [5.74, 6) is -0.159. The number of hydrazine groups is 1. The number of carbonyl (C=O) groups excluding carboxylic acids is 2. The summed E-state index contributed by atoms with van der Waals surface area (Å²) in [5.41, 5.74) is 3.88. The van der Waals surface area contributed by atoms with E-state index in [1.54, 1.807) is 23.1 Å². The molecule has 2 fully saturated rings. The molecule has 0 bridgehead atoms. The van der Waals surface area contributed by atoms with Gasteiger partial charge in [-0.15, -0.1) is 10.2 Å². The number of Topliss-reactive ketones (excluding diaryl/α,β-unsaturated/α-hetero) is 1. The smallest absolute Gasteiger partial charge is 0.255 e. The summed E-state index contributed by atoms with van der Waals surface area (Å²) in [6.07, 6.45) is -0.0159. The number of anilines is 1. The Bertz CT molecular complexity index is 797. The van der Waals surface area contributed by atoms with Crippen LogP contribution in [0.2, 0.25) is 0 Å². The lowest BCUT2D eigenvalue weighted by molar-refractivity contribution is -0.133. The first-order chi connectivity index (χ1) is 12.1. The molecule has 1 aromatic heterocycles. The molecule has 2 aliphatic heterocycles. The third kappa shape index (κ3) is 3.32. The number of rotatable bonds is 4. The van der Waals surface area contributed by atoms with Gasteiger partial charge in [0.05, 0.1) is 11.9 Å². The van der Waals surface area contributed by atoms with Crippen molar-refractivity contribution >= 4 is 40.5 Å². The van der Waals surface area contributed by atoms with E-state index in [9.17, 15) is 9.59 Å². The molecule has 2 saturated heterocycles. The van der Waals surface area contributed by atoms with E-state index < -0.39 is 5.92 Å². The van der Waals surface area contributed by atoms with Crippen LogP contribution in [0.25, 0.3) is 0 Å². The highest BCUT2D eigenvalue weighted by atomic mass is 32.2. The van der Waals surface area contributed by atoms with Crippen LogP contribution >= 0.6 is 23.1 Å². The number of nitrogens with one attached hydrogen (secondary N) is 2. The summed E-state index contributed by atoms with van der Waals surface area (Å²) < 4.78 is 0.898. The van der Waals surface area contributed by atoms with E-state index in [0.717, 1.165) is 15.0 Å². The highest BCUT2D eigenvalue weighted by Gasteiger charge is 2.49. The molecule has 25 heavy (non-hydrogen) atoms. The van der Waals surface area contributed by atoms with E-state index in [4.69, 9.17) is 0 Å². The monoisotopic (exact) mass is 375 g/mol. The first-order valence-electron chi connectivity index (χ1n) is 7.98. The lowest BCUT2D eigenvalue weighted by Crippen LogP contribution is -2.56. The first-order valence-corrected chi connectivity index (χ1v) is 9.79. The first kappa shape index (κ1) is 16.6. The maximum absolute atomic E-state index is 12.6. The second kappa shape index (κ2) is 6.83. The molecule has 2 N–H and O–H groups in total. The van der Waals surface area contributed by atoms with Gasteiger partial charge in [-0.1, -0.05) is 41.3 Å². The molecule has 0 aliphatic carbocycles. The number of aromatic nitrogens is 2. The quantitative estimate of drug-likeness (QED) is 0.616. The molecule has 0 spiro atoms. The Morgan fingerprint density at radius 3 is 2.80 bits per heavy atom. The van der Waals surface area contributed by atoms with Gasteiger partial charge in [0.15, 0.2) is 4.34 Å². The van der Waals surface area contributed by atoms with Crippen LogP contribution < -0.4 is 15.8 Å². The lowest BCUT2D eigenvalue weighted by Gasteiger charge is -2.30. The van der Waals surface area contributed by atoms with E-state index in [1.165, 1.54) is 5.01 Å². The Morgan fingerprint density at radius 1 is 1.28 bits per heavy atom. The number of amides is 1. The standard InChI is InChI=1S/C16H17N5O2S2/c1-9-18-19-16(25-9)24-8-10-7-12(22)13-14(17-10)20-21(15(13)23)11-5-3-2-4-6-11/h2-6,10,13-14,17,20H,7-8H2,1H3. The Morgan fingerprint density at radius 2 is 2.08 bits per heavy atom. The van der Waals surface area contributed by atoms with Gasteiger partial charge in [-0.05, 0) is 19.1 Å². The van der Waals surface area contributed by atoms with Gasteiger partial charge in [0.1, 0.15) is 16.7 Å². The number of hydrogen-bond donors (Lipinski definition) is 2. The second-order valence-electron chi connectivity index (χ2n) is 6.03. The molecule has 0 saturated carbocycles. The molecule has 3 heterocycles. The van der Waals surface area contributed by atoms with Gasteiger partial charge >= 0.3 is 0 Å². The minimum Gasteiger partial charge on any atom is -0.299 e. The topological polar surface area (TPSA) is 87.2 Å². The molecule has 2 aliphatic rings. The van der Waals surface area contributed by atoms with E-state index in [0.29, 0.717) is 12.2 Å². The van der Waals surface area contributed by atoms with Gasteiger partial charge in [0, 0.05) is 18.2 Å². The number of thioether (sulfide) groups is 1. The number of fused-ring (bicyclic) bond motifs is 1. The highest BCUT2D eigenvalue weighted by molar-refractivity contribution is 8.01. The van der Waals surface area contributed by atoms with Crippen LogP contribution in [0, 0.1) is 12.8 Å². The van der Waals surface area contributed by atoms with Gasteiger partial charge in [0.25, 0.3) is 5.91 Å². The Balaban J connectivity index is 1.43. The second-order valence-corrected chi connectivity index (χ2v) is 8.47. The van der Waals surface area contributed by atoms with Crippen LogP contribution in [-0.2, 0) is 9.59 Å². The van der Waals surface area contributed by atoms with Crippen LogP contribution in [-0.4, -0.2) is 39.8 Å². The van der Waals surface area contributed by atoms with Gasteiger partial charge in [0.2, 0.25) is 0 Å². The number of para-hydroxylation sites is 1. The van der Waals surface area contributed by atoms with E-state index in [1.807, 2.05) is 37.3 Å². The largest absolute Gasteiger partial charge is 0.299 e. The molecule has 2 aromatic rings. The number of ketones is 1. The van der Waals surface area contributed by atoms with Crippen molar-refractivity contribution in [3.05, 3.63) is 35.3 Å². The fraction of sp³-hybridized carbons (Fsp3) is 0.375. The van der Waals surface area contributed by atoms with Crippen molar-refractivity contribution in [2.24, 2.45) is 5.92 Å². The van der Waals surface area contributed by atoms with Crippen molar-refractivity contribution in [1.82, 2.24) is 20.9 Å². The van der Waals surface area contributed by atoms with Crippen LogP contribution in [0.5, 0.6) is 0 Å². The van der Waals surface area contributed by atoms with Crippen molar-refractivity contribution < 1.29 is 9.59 Å². The van der Waals surface area contributed by atoms with E-state index >= 15 is 0 Å². The SMILES string of the molecule is Cc1nnc(SCC2CC(=O)C3C(=O)N(c4ccccc4)NC3N2)s1. The minimum atomic E-state index is -0.662. The van der Waals surface area contributed by atoms with Crippen molar-refractivity contribution in [2.45, 2.75) is 29.9 Å². The molecule has 130 valence electrons. The average molecular weight is 375 g/mol. The van der Waals surface area contributed by atoms with Gasteiger partial charge < -0.3 is 0 Å². The maximum atomic E-state index is 12.6. The zero-order chi connectivity index (χ0) is 17.4. The molecular weight excluding hydrogens is 358 g/mol. The van der Waals surface area contributed by atoms with Crippen LogP contribution in [0.4, 0.5) is 5.69 Å². The average Bonchev–Trinajstić information content (AvgIpc) is 3.17. The number of hydrogen-bond acceptors (Lipinski definition) is 8. The fourth-order valence-corrected chi connectivity index (χ4v) is 4.97. The maximum Gasteiger partial charge on any atom is 0.255 e. The van der Waals surface area contributed by atoms with Crippen LogP contribution in [0.15, 0.2) is 34.7 Å². The number of piperidine rings is 1. The Labute approximate surface area is 153 Å². The third-order valence-corrected chi connectivity index (χ3v) is 6.36. The number of nitrogens with zero attached hydrogens (tertiary/aromatic N) is 3. The number of carbonyl (C=O) groups is 2. The molecule has 0 radical (unpaired) electrons. The van der Waals surface area contributed by atoms with Crippen LogP contribution in [0.1, 0.15) is 11.4 Å². The third-order valence-electron chi connectivity index (χ3n) is 4.23. The molecule has 7 nitrogen and oxygen atoms in total. The summed E-state index contributed by atoms with van der Waals surface area (Å²) in [5, 5.41) is 13.9. The van der Waals surface area contributed by atoms with Crippen molar-refractivity contribution in [2.75, 3.05) is 10.8 Å². The molecule has 1 aromatic carbocycles. The van der Waals surface area contributed by atoms with Gasteiger partial charge in [-0.3, -0.25) is 14.9 Å². The van der Waals surface area contributed by atoms with Gasteiger partial charge in [-0.25, -0.2) is 10.4 Å². The number of aryl methyl sites for hydroxylation is 1. The lowest BCUT2D eigenvalue weighted by atomic mass is 9.91. The van der Waals surface area contributed by atoms with Crippen molar-refractivity contribution in [1.29, 1.82) is 0 Å². The summed E-state index contributed by atoms with van der Waals surface area (Å²) in [4.78, 5) is 25.1. The highest BCUT2D eigenvalue weighted by Crippen LogP contribution is 2.29. The van der Waals surface area contributed by atoms with Crippen molar-refractivity contribution in [3.8, 4) is 0 Å². The zero-order valence-electron chi connectivity index (χ0n) is 13.5. The number of benzene rings is 1. The van der Waals surface area contributed by atoms with E-state index in [2.05, 4.69) is 20.9 Å². The summed E-state index contributed by atoms with van der Waals surface area (Å²) >= 11 is 3.13. The predicted molar refractivity (Wildman–Crippen MR) is 96.3 cm³/mol. The van der Waals surface area contributed by atoms with Gasteiger partial charge in [-0.2, -0.15) is 0 Å². The summed E-state index contributed by atoms with van der Waals surface area (Å²) in [7, 11) is 0. The zero-order valence-corrected chi connectivity index (χ0v) is 15.1. The molecule has 3 unspecified atom stereocenters. The summed E-state index contributed by atoms with van der Waals surface area (Å²) in [6, 6.07) is 9.31. The molecule has 1 amide bonds. The molecule has 3 atom stereocenters. The Hall–Kier alpha value is -1.81. The normalized spacial score (nSPS) is 26.1. The molecule has 4 rings (SSSR count). The molecular formula is C16H17N5O2S2. The van der Waals surface area contributed by atoms with E-state index in [-0.39, 0.29) is 23.9 Å². The minimum absolute atomic E-state index is 0.000945. The Kier molecular flexibility index (Phi) is 4.55. The summed E-state index contributed by atoms with van der Waals surface area (Å²) in [6.45, 7) is 1.92. The predicted octanol–water partition coefficient (Wildman–Crippen LogP) is 1.36. The molecule has 9 heteroatoms. The fourth-order valence-electron chi connectivity index (χ4n) is 3.09.